The summed E-state index contributed by atoms with van der Waals surface area (Å²) < 4.78 is 0. The van der Waals surface area contributed by atoms with Gasteiger partial charge in [-0.3, -0.25) is 4.79 Å². The Morgan fingerprint density at radius 3 is 2.21 bits per heavy atom. The van der Waals surface area contributed by atoms with Crippen LogP contribution in [0, 0.1) is 0 Å². The van der Waals surface area contributed by atoms with Crippen LogP contribution in [0.15, 0.2) is 60.7 Å². The molecule has 1 unspecified atom stereocenters. The van der Waals surface area contributed by atoms with Gasteiger partial charge in [0.2, 0.25) is 5.91 Å². The molecule has 2 aromatic carbocycles. The van der Waals surface area contributed by atoms with Gasteiger partial charge in [-0.15, -0.1) is 0 Å². The average Bonchev–Trinajstić information content (AvgIpc) is 2.60. The van der Waals surface area contributed by atoms with Gasteiger partial charge in [-0.05, 0) is 25.1 Å². The zero-order valence-electron chi connectivity index (χ0n) is 14.5. The second-order valence-electron chi connectivity index (χ2n) is 6.23. The van der Waals surface area contributed by atoms with E-state index in [1.54, 1.807) is 0 Å². The summed E-state index contributed by atoms with van der Waals surface area (Å²) in [5.74, 6) is 0.0245. The molecule has 0 radical (unpaired) electrons. The lowest BCUT2D eigenvalue weighted by molar-refractivity contribution is -0.120. The summed E-state index contributed by atoms with van der Waals surface area (Å²) in [6.45, 7) is 4.82. The lowest BCUT2D eigenvalue weighted by atomic mass is 10.2. The van der Waals surface area contributed by atoms with E-state index < -0.39 is 0 Å². The topological polar surface area (TPSA) is 44.4 Å². The van der Waals surface area contributed by atoms with Crippen LogP contribution < -0.4 is 10.6 Å². The molecule has 4 nitrogen and oxygen atoms in total. The van der Waals surface area contributed by atoms with Crippen LogP contribution in [0.5, 0.6) is 0 Å². The maximum absolute atomic E-state index is 11.9. The van der Waals surface area contributed by atoms with Gasteiger partial charge in [0.15, 0.2) is 0 Å². The van der Waals surface area contributed by atoms with E-state index in [4.69, 9.17) is 0 Å². The van der Waals surface area contributed by atoms with Crippen molar-refractivity contribution in [1.82, 2.24) is 15.5 Å². The van der Waals surface area contributed by atoms with Crippen LogP contribution in [0.2, 0.25) is 0 Å². The largest absolute Gasteiger partial charge is 0.351 e. The summed E-state index contributed by atoms with van der Waals surface area (Å²) >= 11 is 0. The summed E-state index contributed by atoms with van der Waals surface area (Å²) in [5.41, 5.74) is 2.41. The maximum atomic E-state index is 11.9. The molecule has 0 saturated heterocycles. The molecule has 0 saturated carbocycles. The molecule has 0 aliphatic heterocycles. The number of carbonyl (C=O) groups is 1. The summed E-state index contributed by atoms with van der Waals surface area (Å²) in [6, 6.07) is 20.6. The van der Waals surface area contributed by atoms with Crippen LogP contribution in [0.1, 0.15) is 18.1 Å². The first-order chi connectivity index (χ1) is 11.6. The van der Waals surface area contributed by atoms with Gasteiger partial charge in [0.1, 0.15) is 0 Å². The van der Waals surface area contributed by atoms with Gasteiger partial charge in [0, 0.05) is 25.7 Å². The number of nitrogens with zero attached hydrogens (tertiary/aromatic N) is 1. The molecule has 2 aromatic rings. The van der Waals surface area contributed by atoms with Gasteiger partial charge in [-0.2, -0.15) is 0 Å². The first-order valence-electron chi connectivity index (χ1n) is 8.40. The number of hydrogen-bond acceptors (Lipinski definition) is 3. The van der Waals surface area contributed by atoms with Gasteiger partial charge < -0.3 is 15.5 Å². The minimum absolute atomic E-state index is 0.0245. The molecule has 2 N–H and O–H groups in total. The Morgan fingerprint density at radius 1 is 1.00 bits per heavy atom. The minimum atomic E-state index is 0.0245. The fourth-order valence-corrected chi connectivity index (χ4v) is 2.62. The number of amides is 1. The highest BCUT2D eigenvalue weighted by molar-refractivity contribution is 5.78. The minimum Gasteiger partial charge on any atom is -0.351 e. The number of likely N-dealkylation sites (N-methyl/N-ethyl adjacent to an activating group) is 1. The Morgan fingerprint density at radius 2 is 1.58 bits per heavy atom. The molecule has 0 aromatic heterocycles. The van der Waals surface area contributed by atoms with Crippen molar-refractivity contribution in [3.05, 3.63) is 71.8 Å². The first kappa shape index (κ1) is 18.2. The van der Waals surface area contributed by atoms with Crippen molar-refractivity contribution >= 4 is 5.91 Å². The second kappa shape index (κ2) is 9.85. The van der Waals surface area contributed by atoms with Crippen molar-refractivity contribution in [3.63, 3.8) is 0 Å². The van der Waals surface area contributed by atoms with E-state index in [9.17, 15) is 4.79 Å². The first-order valence-corrected chi connectivity index (χ1v) is 8.40. The van der Waals surface area contributed by atoms with Gasteiger partial charge >= 0.3 is 0 Å². The number of nitrogens with one attached hydrogen (secondary N) is 2. The van der Waals surface area contributed by atoms with E-state index >= 15 is 0 Å². The van der Waals surface area contributed by atoms with E-state index in [-0.39, 0.29) is 11.9 Å². The molecular weight excluding hydrogens is 298 g/mol. The van der Waals surface area contributed by atoms with Crippen LogP contribution >= 0.6 is 0 Å². The molecule has 1 atom stereocenters. The third kappa shape index (κ3) is 6.94. The third-order valence-corrected chi connectivity index (χ3v) is 3.82. The number of rotatable bonds is 9. The van der Waals surface area contributed by atoms with Crippen LogP contribution in [-0.4, -0.2) is 37.0 Å². The van der Waals surface area contributed by atoms with Crippen LogP contribution in [-0.2, 0) is 17.9 Å². The number of carbonyl (C=O) groups excluding carboxylic acids is 1. The van der Waals surface area contributed by atoms with Crippen molar-refractivity contribution in [1.29, 1.82) is 0 Å². The maximum Gasteiger partial charge on any atom is 0.234 e. The van der Waals surface area contributed by atoms with E-state index in [0.29, 0.717) is 13.1 Å². The number of benzene rings is 2. The molecule has 0 spiro atoms. The van der Waals surface area contributed by atoms with E-state index in [1.165, 1.54) is 5.56 Å². The molecule has 24 heavy (non-hydrogen) atoms. The van der Waals surface area contributed by atoms with Crippen molar-refractivity contribution in [3.8, 4) is 0 Å². The lowest BCUT2D eigenvalue weighted by Crippen LogP contribution is -2.42. The van der Waals surface area contributed by atoms with Crippen LogP contribution in [0.4, 0.5) is 0 Å². The lowest BCUT2D eigenvalue weighted by Gasteiger charge is -2.22. The van der Waals surface area contributed by atoms with E-state index in [1.807, 2.05) is 36.4 Å². The predicted octanol–water partition coefficient (Wildman–Crippen LogP) is 2.41. The van der Waals surface area contributed by atoms with Crippen molar-refractivity contribution in [2.24, 2.45) is 0 Å². The molecule has 2 rings (SSSR count). The van der Waals surface area contributed by atoms with Crippen LogP contribution in [0.3, 0.4) is 0 Å². The standard InChI is InChI=1S/C20H27N3O/c1-17(15-23(2)16-19-11-7-4-8-12-19)21-14-20(24)22-13-18-9-5-3-6-10-18/h3-12,17,21H,13-16H2,1-2H3,(H,22,24). The van der Waals surface area contributed by atoms with Gasteiger partial charge in [0.05, 0.1) is 6.54 Å². The Labute approximate surface area is 144 Å². The highest BCUT2D eigenvalue weighted by atomic mass is 16.1. The molecule has 1 amide bonds. The third-order valence-electron chi connectivity index (χ3n) is 3.82. The van der Waals surface area contributed by atoms with Crippen LogP contribution in [0.25, 0.3) is 0 Å². The second-order valence-corrected chi connectivity index (χ2v) is 6.23. The Balaban J connectivity index is 1.63. The van der Waals surface area contributed by atoms with E-state index in [2.05, 4.69) is 53.8 Å². The van der Waals surface area contributed by atoms with Crippen molar-refractivity contribution in [2.75, 3.05) is 20.1 Å². The van der Waals surface area contributed by atoms with Gasteiger partial charge in [-0.25, -0.2) is 0 Å². The predicted molar refractivity (Wildman–Crippen MR) is 98.5 cm³/mol. The van der Waals surface area contributed by atoms with Crippen molar-refractivity contribution in [2.45, 2.75) is 26.1 Å². The van der Waals surface area contributed by atoms with E-state index in [0.717, 1.165) is 18.7 Å². The zero-order chi connectivity index (χ0) is 17.2. The number of hydrogen-bond donors (Lipinski definition) is 2. The molecule has 4 heteroatoms. The van der Waals surface area contributed by atoms with Crippen molar-refractivity contribution < 1.29 is 4.79 Å². The highest BCUT2D eigenvalue weighted by Crippen LogP contribution is 2.03. The highest BCUT2D eigenvalue weighted by Gasteiger charge is 2.08. The molecule has 0 heterocycles. The molecular formula is C20H27N3O. The fourth-order valence-electron chi connectivity index (χ4n) is 2.62. The SMILES string of the molecule is CC(CN(C)Cc1ccccc1)NCC(=O)NCc1ccccc1. The zero-order valence-corrected chi connectivity index (χ0v) is 14.5. The molecule has 128 valence electrons. The Hall–Kier alpha value is -2.17. The fraction of sp³-hybridized carbons (Fsp3) is 0.350. The monoisotopic (exact) mass is 325 g/mol. The van der Waals surface area contributed by atoms with Gasteiger partial charge in [-0.1, -0.05) is 60.7 Å². The molecule has 0 bridgehead atoms. The summed E-state index contributed by atoms with van der Waals surface area (Å²) in [7, 11) is 2.10. The van der Waals surface area contributed by atoms with Gasteiger partial charge in [0.25, 0.3) is 0 Å². The molecule has 0 aliphatic rings. The Kier molecular flexibility index (Phi) is 7.46. The summed E-state index contributed by atoms with van der Waals surface area (Å²) in [6.07, 6.45) is 0. The quantitative estimate of drug-likeness (QED) is 0.744. The Bertz CT molecular complexity index is 601. The normalized spacial score (nSPS) is 12.1. The summed E-state index contributed by atoms with van der Waals surface area (Å²) in [5, 5.41) is 6.21. The smallest absolute Gasteiger partial charge is 0.234 e. The average molecular weight is 325 g/mol. The molecule has 0 aliphatic carbocycles. The molecule has 0 fully saturated rings. The summed E-state index contributed by atoms with van der Waals surface area (Å²) in [4.78, 5) is 14.2.